The maximum Gasteiger partial charge on any atom is 0.420 e. The van der Waals surface area contributed by atoms with Gasteiger partial charge in [0.05, 0.1) is 40.3 Å². The predicted molar refractivity (Wildman–Crippen MR) is 207 cm³/mol. The van der Waals surface area contributed by atoms with Gasteiger partial charge < -0.3 is 20.3 Å². The van der Waals surface area contributed by atoms with Gasteiger partial charge in [0.25, 0.3) is 23.6 Å². The van der Waals surface area contributed by atoms with Crippen LogP contribution in [0.25, 0.3) is 0 Å². The highest BCUT2D eigenvalue weighted by Crippen LogP contribution is 2.47. The van der Waals surface area contributed by atoms with Crippen LogP contribution in [-0.2, 0) is 30.1 Å². The number of nitrogens with zero attached hydrogens (tertiary/aromatic N) is 5. The number of halogens is 4. The summed E-state index contributed by atoms with van der Waals surface area (Å²) >= 11 is 5.48. The van der Waals surface area contributed by atoms with Crippen LogP contribution in [0.1, 0.15) is 83.0 Å². The van der Waals surface area contributed by atoms with Crippen LogP contribution in [0.4, 0.5) is 28.9 Å². The Balaban J connectivity index is 0.875. The maximum absolute atomic E-state index is 15.4. The Kier molecular flexibility index (Phi) is 11.1. The van der Waals surface area contributed by atoms with Gasteiger partial charge in [-0.2, -0.15) is 18.4 Å². The summed E-state index contributed by atoms with van der Waals surface area (Å²) < 4.78 is 62.1. The largest absolute Gasteiger partial charge is 0.483 e. The van der Waals surface area contributed by atoms with Gasteiger partial charge in [-0.3, -0.25) is 53.7 Å². The molecule has 3 fully saturated rings. The molecule has 1 saturated carbocycles. The van der Waals surface area contributed by atoms with E-state index in [1.165, 1.54) is 49.2 Å². The Morgan fingerprint density at radius 2 is 1.79 bits per heavy atom. The summed E-state index contributed by atoms with van der Waals surface area (Å²) in [6.45, 7) is 2.83. The standard InChI is InChI=1S/C40H34F4N8O8S/c1-39(2)37(59)51(25-10-7-19(16-45)31(32(25)41)40(42,43)44)38(61)52(39)20-8-9-24(48-17-20)22-15-23(22)33(55)47-14-4-13-46-29(54)18-60-27-6-3-5-21-30(27)36(58)50(35(21)57)26-11-12-28(53)49-34(26)56/h3,5-10,17,22-23,26H,4,11-15,18H2,1-2H3,(H,46,54)(H,47,55)(H,49,53,56). The van der Waals surface area contributed by atoms with Gasteiger partial charge in [-0.1, -0.05) is 6.07 Å². The zero-order chi connectivity index (χ0) is 44.1. The molecule has 7 amide bonds. The SMILES string of the molecule is CC1(C)C(=O)N(c2ccc(C#N)c(C(F)(F)F)c2F)C(=S)N1c1ccc(C2CC2C(=O)NCCCNC(=O)COc2cccc3c2C(=O)N(C2CCC(=O)NC2=O)C3=O)nc1. The molecule has 7 rings (SSSR count). The molecule has 0 radical (unpaired) electrons. The average Bonchev–Trinajstić information content (AvgIpc) is 3.94. The fraction of sp³-hybridized carbons (Fsp3) is 0.350. The zero-order valence-corrected chi connectivity index (χ0v) is 33.0. The Bertz CT molecular complexity index is 2470. The molecule has 3 unspecified atom stereocenters. The lowest BCUT2D eigenvalue weighted by molar-refractivity contribution is -0.140. The number of ether oxygens (including phenoxy) is 1. The molecule has 3 aliphatic heterocycles. The number of rotatable bonds is 12. The minimum Gasteiger partial charge on any atom is -0.483 e. The first-order valence-electron chi connectivity index (χ1n) is 18.8. The summed E-state index contributed by atoms with van der Waals surface area (Å²) in [5.41, 5.74) is -4.20. The highest BCUT2D eigenvalue weighted by Gasteiger charge is 2.53. The second kappa shape index (κ2) is 16.0. The lowest BCUT2D eigenvalue weighted by Gasteiger charge is -2.29. The van der Waals surface area contributed by atoms with Crippen molar-refractivity contribution in [3.63, 3.8) is 0 Å². The number of hydrogen-bond acceptors (Lipinski definition) is 11. The summed E-state index contributed by atoms with van der Waals surface area (Å²) in [4.78, 5) is 96.3. The Hall–Kier alpha value is -6.82. The molecule has 0 spiro atoms. The summed E-state index contributed by atoms with van der Waals surface area (Å²) in [6.07, 6.45) is -3.01. The molecule has 1 aromatic heterocycles. The summed E-state index contributed by atoms with van der Waals surface area (Å²) in [6, 6.07) is 9.34. The number of benzene rings is 2. The Labute approximate surface area is 349 Å². The van der Waals surface area contributed by atoms with Crippen molar-refractivity contribution in [2.24, 2.45) is 5.92 Å². The number of imide groups is 2. The third-order valence-corrected chi connectivity index (χ3v) is 11.1. The molecule has 2 saturated heterocycles. The fourth-order valence-electron chi connectivity index (χ4n) is 7.57. The van der Waals surface area contributed by atoms with E-state index in [1.54, 1.807) is 12.1 Å². The quantitative estimate of drug-likeness (QED) is 0.104. The predicted octanol–water partition coefficient (Wildman–Crippen LogP) is 3.23. The molecule has 4 aliphatic rings. The van der Waals surface area contributed by atoms with Gasteiger partial charge in [0.15, 0.2) is 17.5 Å². The van der Waals surface area contributed by atoms with Crippen molar-refractivity contribution in [2.75, 3.05) is 29.5 Å². The van der Waals surface area contributed by atoms with Gasteiger partial charge in [-0.15, -0.1) is 0 Å². The molecule has 316 valence electrons. The molecule has 21 heteroatoms. The van der Waals surface area contributed by atoms with Gasteiger partial charge in [0.2, 0.25) is 17.7 Å². The minimum absolute atomic E-state index is 0.00530. The number of anilines is 2. The van der Waals surface area contributed by atoms with E-state index in [4.69, 9.17) is 22.2 Å². The van der Waals surface area contributed by atoms with Crippen LogP contribution in [0.2, 0.25) is 0 Å². The number of nitriles is 1. The first-order chi connectivity index (χ1) is 28.9. The molecular formula is C40H34F4N8O8S. The molecule has 61 heavy (non-hydrogen) atoms. The van der Waals surface area contributed by atoms with E-state index >= 15 is 4.39 Å². The number of pyridine rings is 1. The number of piperidine rings is 1. The monoisotopic (exact) mass is 862 g/mol. The molecule has 16 nitrogen and oxygen atoms in total. The molecule has 1 aliphatic carbocycles. The van der Waals surface area contributed by atoms with E-state index in [9.17, 15) is 46.7 Å². The van der Waals surface area contributed by atoms with Crippen molar-refractivity contribution >= 4 is 70.1 Å². The number of nitrogens with one attached hydrogen (secondary N) is 3. The van der Waals surface area contributed by atoms with Crippen LogP contribution < -0.4 is 30.5 Å². The minimum atomic E-state index is -5.22. The number of hydrogen-bond donors (Lipinski definition) is 3. The second-order valence-electron chi connectivity index (χ2n) is 15.0. The highest BCUT2D eigenvalue weighted by molar-refractivity contribution is 7.81. The van der Waals surface area contributed by atoms with Crippen LogP contribution in [0.5, 0.6) is 5.75 Å². The summed E-state index contributed by atoms with van der Waals surface area (Å²) in [5.74, 6) is -6.77. The first-order valence-corrected chi connectivity index (χ1v) is 19.2. The highest BCUT2D eigenvalue weighted by atomic mass is 32.1. The van der Waals surface area contributed by atoms with Gasteiger partial charge in [0.1, 0.15) is 22.9 Å². The normalized spacial score (nSPS) is 20.7. The van der Waals surface area contributed by atoms with Crippen molar-refractivity contribution in [3.8, 4) is 11.8 Å². The van der Waals surface area contributed by atoms with Crippen LogP contribution in [-0.4, -0.2) is 87.6 Å². The lowest BCUT2D eigenvalue weighted by Crippen LogP contribution is -2.54. The van der Waals surface area contributed by atoms with Gasteiger partial charge in [0, 0.05) is 37.0 Å². The van der Waals surface area contributed by atoms with Gasteiger partial charge in [-0.05, 0) is 81.7 Å². The number of carbonyl (C=O) groups is 7. The lowest BCUT2D eigenvalue weighted by atomic mass is 10.0. The van der Waals surface area contributed by atoms with Crippen molar-refractivity contribution in [2.45, 2.75) is 63.2 Å². The number of fused-ring (bicyclic) bond motifs is 1. The van der Waals surface area contributed by atoms with Crippen molar-refractivity contribution < 1.29 is 55.9 Å². The molecule has 3 aromatic rings. The number of alkyl halides is 3. The third-order valence-electron chi connectivity index (χ3n) is 10.7. The smallest absolute Gasteiger partial charge is 0.420 e. The van der Waals surface area contributed by atoms with Gasteiger partial charge in [-0.25, -0.2) is 4.39 Å². The average molecular weight is 863 g/mol. The molecule has 4 heterocycles. The fourth-order valence-corrected chi connectivity index (χ4v) is 8.08. The number of aromatic nitrogens is 1. The van der Waals surface area contributed by atoms with Crippen molar-refractivity contribution in [1.82, 2.24) is 25.8 Å². The molecule has 0 bridgehead atoms. The topological polar surface area (TPSA) is 211 Å². The number of thiocarbonyl (C=S) groups is 1. The van der Waals surface area contributed by atoms with E-state index in [0.717, 1.165) is 17.0 Å². The molecule has 2 aromatic carbocycles. The first kappa shape index (κ1) is 42.3. The van der Waals surface area contributed by atoms with E-state index in [-0.39, 0.29) is 59.7 Å². The van der Waals surface area contributed by atoms with E-state index in [1.807, 2.05) is 0 Å². The maximum atomic E-state index is 15.4. The van der Waals surface area contributed by atoms with Gasteiger partial charge >= 0.3 is 6.18 Å². The summed E-state index contributed by atoms with van der Waals surface area (Å²) in [7, 11) is 0. The van der Waals surface area contributed by atoms with Crippen LogP contribution in [0, 0.1) is 23.1 Å². The van der Waals surface area contributed by atoms with Crippen molar-refractivity contribution in [3.05, 3.63) is 82.4 Å². The second-order valence-corrected chi connectivity index (χ2v) is 15.4. The molecule has 3 N–H and O–H groups in total. The van der Waals surface area contributed by atoms with Crippen LogP contribution >= 0.6 is 12.2 Å². The van der Waals surface area contributed by atoms with E-state index in [0.29, 0.717) is 29.1 Å². The molecular weight excluding hydrogens is 829 g/mol. The van der Waals surface area contributed by atoms with E-state index in [2.05, 4.69) is 20.9 Å². The van der Waals surface area contributed by atoms with Crippen molar-refractivity contribution in [1.29, 1.82) is 5.26 Å². The Morgan fingerprint density at radius 1 is 1.05 bits per heavy atom. The van der Waals surface area contributed by atoms with E-state index < -0.39 is 88.4 Å². The Morgan fingerprint density at radius 3 is 2.46 bits per heavy atom. The van der Waals surface area contributed by atoms with Crippen LogP contribution in [0.3, 0.4) is 0 Å². The number of carbonyl (C=O) groups excluding carboxylic acids is 7. The molecule has 3 atom stereocenters. The third kappa shape index (κ3) is 7.74. The summed E-state index contributed by atoms with van der Waals surface area (Å²) in [5, 5.41) is 16.4. The zero-order valence-electron chi connectivity index (χ0n) is 32.2. The number of amides is 7. The van der Waals surface area contributed by atoms with Crippen LogP contribution in [0.15, 0.2) is 48.7 Å².